The van der Waals surface area contributed by atoms with Gasteiger partial charge >= 0.3 is 6.18 Å². The summed E-state index contributed by atoms with van der Waals surface area (Å²) in [6.45, 7) is 2.03. The summed E-state index contributed by atoms with van der Waals surface area (Å²) in [6.07, 6.45) is 0.196. The predicted molar refractivity (Wildman–Crippen MR) is 73.6 cm³/mol. The molecule has 20 heavy (non-hydrogen) atoms. The van der Waals surface area contributed by atoms with E-state index in [1.54, 1.807) is 0 Å². The van der Waals surface area contributed by atoms with Crippen molar-refractivity contribution in [1.29, 1.82) is 0 Å². The summed E-state index contributed by atoms with van der Waals surface area (Å²) < 4.78 is 37.6. The molecule has 0 spiro atoms. The van der Waals surface area contributed by atoms with Crippen LogP contribution in [0.4, 0.5) is 13.2 Å². The van der Waals surface area contributed by atoms with Gasteiger partial charge in [-0.1, -0.05) is 13.3 Å². The van der Waals surface area contributed by atoms with Crippen LogP contribution in [0.15, 0.2) is 0 Å². The zero-order valence-electron chi connectivity index (χ0n) is 12.5. The topological polar surface area (TPSA) is 35.5 Å². The highest BCUT2D eigenvalue weighted by atomic mass is 19.4. The van der Waals surface area contributed by atoms with E-state index in [1.165, 1.54) is 4.90 Å². The van der Waals surface area contributed by atoms with Crippen molar-refractivity contribution in [3.05, 3.63) is 0 Å². The summed E-state index contributed by atoms with van der Waals surface area (Å²) in [5.41, 5.74) is -0.296. The Bertz CT molecular complexity index is 280. The number of aliphatic hydroxyl groups excluding tert-OH is 1. The lowest BCUT2D eigenvalue weighted by molar-refractivity contribution is -0.146. The summed E-state index contributed by atoms with van der Waals surface area (Å²) in [5, 5.41) is 12.8. The highest BCUT2D eigenvalue weighted by Crippen LogP contribution is 2.37. The van der Waals surface area contributed by atoms with Crippen molar-refractivity contribution < 1.29 is 18.3 Å². The standard InChI is InChI=1S/C14H27F3N2O/c1-3-8-19(10-14(15,16)17)9-6-12-5-4-7-13(12,11-20)18-2/h12,18,20H,3-11H2,1-2H3. The van der Waals surface area contributed by atoms with E-state index in [1.807, 2.05) is 14.0 Å². The fraction of sp³-hybridized carbons (Fsp3) is 1.00. The van der Waals surface area contributed by atoms with Crippen LogP contribution in [0.25, 0.3) is 0 Å². The number of rotatable bonds is 8. The van der Waals surface area contributed by atoms with Crippen LogP contribution in [-0.2, 0) is 0 Å². The highest BCUT2D eigenvalue weighted by Gasteiger charge is 2.41. The first-order valence-electron chi connectivity index (χ1n) is 7.45. The Balaban J connectivity index is 2.54. The molecule has 0 bridgehead atoms. The lowest BCUT2D eigenvalue weighted by Gasteiger charge is -2.35. The Kier molecular flexibility index (Phi) is 6.75. The monoisotopic (exact) mass is 296 g/mol. The molecule has 0 saturated heterocycles. The van der Waals surface area contributed by atoms with Crippen LogP contribution in [0.5, 0.6) is 0 Å². The van der Waals surface area contributed by atoms with Gasteiger partial charge in [0.05, 0.1) is 13.2 Å². The van der Waals surface area contributed by atoms with Crippen LogP contribution in [-0.4, -0.2) is 55.0 Å². The summed E-state index contributed by atoms with van der Waals surface area (Å²) in [5.74, 6) is 0.255. The normalized spacial score (nSPS) is 27.4. The van der Waals surface area contributed by atoms with Gasteiger partial charge in [-0.3, -0.25) is 4.90 Å². The molecule has 6 heteroatoms. The van der Waals surface area contributed by atoms with Gasteiger partial charge in [-0.15, -0.1) is 0 Å². The van der Waals surface area contributed by atoms with E-state index in [2.05, 4.69) is 5.32 Å². The Morgan fingerprint density at radius 1 is 1.35 bits per heavy atom. The first-order valence-corrected chi connectivity index (χ1v) is 7.45. The third-order valence-corrected chi connectivity index (χ3v) is 4.47. The van der Waals surface area contributed by atoms with Gasteiger partial charge in [-0.05, 0) is 51.7 Å². The summed E-state index contributed by atoms with van der Waals surface area (Å²) in [4.78, 5) is 1.48. The molecular formula is C14H27F3N2O. The van der Waals surface area contributed by atoms with E-state index in [4.69, 9.17) is 0 Å². The van der Waals surface area contributed by atoms with Crippen LogP contribution in [0.3, 0.4) is 0 Å². The molecule has 1 saturated carbocycles. The van der Waals surface area contributed by atoms with Gasteiger partial charge in [0.1, 0.15) is 0 Å². The quantitative estimate of drug-likeness (QED) is 0.722. The molecule has 0 aliphatic heterocycles. The lowest BCUT2D eigenvalue weighted by Crippen LogP contribution is -2.50. The number of halogens is 3. The molecule has 2 N–H and O–H groups in total. The minimum Gasteiger partial charge on any atom is -0.394 e. The molecule has 0 amide bonds. The highest BCUT2D eigenvalue weighted by molar-refractivity contribution is 4.98. The first-order chi connectivity index (χ1) is 9.37. The maximum absolute atomic E-state index is 12.5. The fourth-order valence-electron chi connectivity index (χ4n) is 3.36. The molecule has 120 valence electrons. The Labute approximate surface area is 119 Å². The Hall–Kier alpha value is -0.330. The number of likely N-dealkylation sites (N-methyl/N-ethyl adjacent to an activating group) is 1. The molecule has 0 aromatic heterocycles. The van der Waals surface area contributed by atoms with Gasteiger partial charge in [-0.2, -0.15) is 13.2 Å². The molecule has 1 fully saturated rings. The second-order valence-corrected chi connectivity index (χ2v) is 5.83. The molecule has 0 heterocycles. The third kappa shape index (κ3) is 4.90. The lowest BCUT2D eigenvalue weighted by atomic mass is 9.85. The van der Waals surface area contributed by atoms with E-state index in [0.717, 1.165) is 25.7 Å². The number of hydrogen-bond acceptors (Lipinski definition) is 3. The SMILES string of the molecule is CCCN(CCC1CCCC1(CO)NC)CC(F)(F)F. The van der Waals surface area contributed by atoms with Gasteiger partial charge in [0, 0.05) is 5.54 Å². The van der Waals surface area contributed by atoms with Gasteiger partial charge < -0.3 is 10.4 Å². The van der Waals surface area contributed by atoms with E-state index < -0.39 is 12.7 Å². The van der Waals surface area contributed by atoms with Gasteiger partial charge in [0.2, 0.25) is 0 Å². The zero-order chi connectivity index (χ0) is 15.2. The fourth-order valence-corrected chi connectivity index (χ4v) is 3.36. The molecule has 1 aliphatic rings. The molecule has 0 aromatic rings. The number of nitrogens with one attached hydrogen (secondary N) is 1. The Morgan fingerprint density at radius 2 is 2.05 bits per heavy atom. The third-order valence-electron chi connectivity index (χ3n) is 4.47. The second-order valence-electron chi connectivity index (χ2n) is 5.83. The van der Waals surface area contributed by atoms with E-state index in [0.29, 0.717) is 19.5 Å². The van der Waals surface area contributed by atoms with Crippen molar-refractivity contribution in [3.8, 4) is 0 Å². The predicted octanol–water partition coefficient (Wildman–Crippen LogP) is 2.40. The van der Waals surface area contributed by atoms with Gasteiger partial charge in [0.15, 0.2) is 0 Å². The van der Waals surface area contributed by atoms with Gasteiger partial charge in [0.25, 0.3) is 0 Å². The number of hydrogen-bond donors (Lipinski definition) is 2. The molecule has 1 aliphatic carbocycles. The minimum atomic E-state index is -4.14. The van der Waals surface area contributed by atoms with Crippen molar-refractivity contribution >= 4 is 0 Å². The van der Waals surface area contributed by atoms with E-state index in [-0.39, 0.29) is 18.1 Å². The van der Waals surface area contributed by atoms with Gasteiger partial charge in [-0.25, -0.2) is 0 Å². The molecule has 0 radical (unpaired) electrons. The Morgan fingerprint density at radius 3 is 2.55 bits per heavy atom. The molecule has 0 aromatic carbocycles. The number of alkyl halides is 3. The minimum absolute atomic E-state index is 0.0568. The summed E-state index contributed by atoms with van der Waals surface area (Å²) >= 11 is 0. The van der Waals surface area contributed by atoms with Crippen LogP contribution in [0.1, 0.15) is 39.0 Å². The smallest absolute Gasteiger partial charge is 0.394 e. The average molecular weight is 296 g/mol. The van der Waals surface area contributed by atoms with Crippen molar-refractivity contribution in [2.75, 3.05) is 33.3 Å². The molecule has 2 unspecified atom stereocenters. The molecule has 1 rings (SSSR count). The average Bonchev–Trinajstić information content (AvgIpc) is 2.78. The largest absolute Gasteiger partial charge is 0.401 e. The number of nitrogens with zero attached hydrogens (tertiary/aromatic N) is 1. The van der Waals surface area contributed by atoms with Crippen molar-refractivity contribution in [3.63, 3.8) is 0 Å². The second kappa shape index (κ2) is 7.61. The first kappa shape index (κ1) is 17.7. The van der Waals surface area contributed by atoms with Crippen molar-refractivity contribution in [1.82, 2.24) is 10.2 Å². The molecule has 3 nitrogen and oxygen atoms in total. The van der Waals surface area contributed by atoms with E-state index >= 15 is 0 Å². The maximum Gasteiger partial charge on any atom is 0.401 e. The zero-order valence-corrected chi connectivity index (χ0v) is 12.5. The molecule has 2 atom stereocenters. The molecular weight excluding hydrogens is 269 g/mol. The van der Waals surface area contributed by atoms with Crippen LogP contribution >= 0.6 is 0 Å². The number of aliphatic hydroxyl groups is 1. The van der Waals surface area contributed by atoms with E-state index in [9.17, 15) is 18.3 Å². The summed E-state index contributed by atoms with van der Waals surface area (Å²) in [6, 6.07) is 0. The van der Waals surface area contributed by atoms with Crippen LogP contribution in [0, 0.1) is 5.92 Å². The van der Waals surface area contributed by atoms with Crippen molar-refractivity contribution in [2.24, 2.45) is 5.92 Å². The van der Waals surface area contributed by atoms with Crippen LogP contribution < -0.4 is 5.32 Å². The maximum atomic E-state index is 12.5. The summed E-state index contributed by atoms with van der Waals surface area (Å²) in [7, 11) is 1.83. The van der Waals surface area contributed by atoms with Crippen LogP contribution in [0.2, 0.25) is 0 Å². The van der Waals surface area contributed by atoms with Crippen molar-refractivity contribution in [2.45, 2.75) is 50.7 Å².